The van der Waals surface area contributed by atoms with E-state index in [-0.39, 0.29) is 38.2 Å². The second kappa shape index (κ2) is 9.93. The highest BCUT2D eigenvalue weighted by Gasteiger charge is 2.23. The Hall–Kier alpha value is -3.23. The maximum absolute atomic E-state index is 13.9. The quantitative estimate of drug-likeness (QED) is 0.294. The van der Waals surface area contributed by atoms with E-state index in [1.165, 1.54) is 48.7 Å². The molecule has 0 aliphatic carbocycles. The van der Waals surface area contributed by atoms with Crippen molar-refractivity contribution >= 4 is 39.8 Å². The van der Waals surface area contributed by atoms with Gasteiger partial charge in [-0.15, -0.1) is 11.3 Å². The van der Waals surface area contributed by atoms with Crippen molar-refractivity contribution in [3.05, 3.63) is 81.4 Å². The molecule has 0 fully saturated rings. The number of hydrogen-bond acceptors (Lipinski definition) is 4. The number of carbonyl (C=O) groups is 2. The van der Waals surface area contributed by atoms with Gasteiger partial charge in [-0.2, -0.15) is 0 Å². The Bertz CT molecular complexity index is 1220. The van der Waals surface area contributed by atoms with E-state index >= 15 is 0 Å². The Kier molecular flexibility index (Phi) is 7.27. The number of rotatable bonds is 7. The minimum atomic E-state index is -1.30. The van der Waals surface area contributed by atoms with Crippen molar-refractivity contribution in [1.82, 2.24) is 0 Å². The molecule has 0 aliphatic rings. The van der Waals surface area contributed by atoms with E-state index < -0.39 is 23.5 Å². The predicted molar refractivity (Wildman–Crippen MR) is 120 cm³/mol. The van der Waals surface area contributed by atoms with Gasteiger partial charge < -0.3 is 15.2 Å². The first-order chi connectivity index (χ1) is 15.2. The van der Waals surface area contributed by atoms with Crippen molar-refractivity contribution in [2.24, 2.45) is 0 Å². The summed E-state index contributed by atoms with van der Waals surface area (Å²) in [5, 5.41) is 13.7. The van der Waals surface area contributed by atoms with Crippen LogP contribution in [0.3, 0.4) is 0 Å². The number of anilines is 1. The van der Waals surface area contributed by atoms with Crippen LogP contribution in [0.1, 0.15) is 29.3 Å². The number of nitrogens with one attached hydrogen (secondary N) is 1. The second-order valence-corrected chi connectivity index (χ2v) is 7.97. The maximum Gasteiger partial charge on any atom is 0.339 e. The molecule has 0 saturated carbocycles. The zero-order chi connectivity index (χ0) is 23.4. The van der Waals surface area contributed by atoms with Crippen LogP contribution < -0.4 is 10.1 Å². The molecule has 1 aromatic heterocycles. The molecule has 3 aromatic rings. The first-order valence-electron chi connectivity index (χ1n) is 9.47. The third kappa shape index (κ3) is 4.98. The highest BCUT2D eigenvalue weighted by atomic mass is 35.5. The average Bonchev–Trinajstić information content (AvgIpc) is 3.16. The molecule has 1 heterocycles. The molecule has 0 radical (unpaired) electrons. The van der Waals surface area contributed by atoms with Crippen LogP contribution in [0, 0.1) is 18.6 Å². The molecule has 0 saturated heterocycles. The van der Waals surface area contributed by atoms with Crippen molar-refractivity contribution in [1.29, 1.82) is 0 Å². The number of carboxylic acid groups (broad SMARTS) is 1. The number of carbonyl (C=O) groups excluding carboxylic acids is 1. The van der Waals surface area contributed by atoms with Gasteiger partial charge in [-0.05, 0) is 49.2 Å². The van der Waals surface area contributed by atoms with Crippen LogP contribution in [-0.2, 0) is 4.79 Å². The normalized spacial score (nSPS) is 11.3. The molecule has 0 aliphatic heterocycles. The van der Waals surface area contributed by atoms with Crippen LogP contribution in [0.25, 0.3) is 11.1 Å². The Morgan fingerprint density at radius 1 is 1.22 bits per heavy atom. The summed E-state index contributed by atoms with van der Waals surface area (Å²) in [7, 11) is 0. The highest BCUT2D eigenvalue weighted by molar-refractivity contribution is 7.15. The van der Waals surface area contributed by atoms with Crippen LogP contribution in [0.2, 0.25) is 5.02 Å². The molecular formula is C23H18ClF2NO4S. The Morgan fingerprint density at radius 2 is 1.97 bits per heavy atom. The zero-order valence-electron chi connectivity index (χ0n) is 17.0. The summed E-state index contributed by atoms with van der Waals surface area (Å²) in [6.07, 6.45) is 1.95. The lowest BCUT2D eigenvalue weighted by atomic mass is 10.0. The smallest absolute Gasteiger partial charge is 0.339 e. The Labute approximate surface area is 191 Å². The van der Waals surface area contributed by atoms with Gasteiger partial charge in [-0.25, -0.2) is 13.6 Å². The third-order valence-corrected chi connectivity index (χ3v) is 5.72. The summed E-state index contributed by atoms with van der Waals surface area (Å²) in [5.74, 6) is -3.11. The number of benzene rings is 2. The van der Waals surface area contributed by atoms with Gasteiger partial charge in [0.25, 0.3) is 5.91 Å². The standard InChI is InChI=1S/C23H18ClF2NO4S/c1-3-5-19(31-18-7-4-6-16(25)12(18)2)21(28)27-22-20(23(29)30)14(11-32-22)13-8-9-15(24)17(26)10-13/h4-11H,3H2,1-2H3,(H,27,28)(H,29,30). The number of thiophene rings is 1. The summed E-state index contributed by atoms with van der Waals surface area (Å²) in [4.78, 5) is 24.8. The lowest BCUT2D eigenvalue weighted by Gasteiger charge is -2.13. The monoisotopic (exact) mass is 477 g/mol. The highest BCUT2D eigenvalue weighted by Crippen LogP contribution is 2.37. The van der Waals surface area contributed by atoms with Gasteiger partial charge in [-0.3, -0.25) is 4.79 Å². The number of aromatic carboxylic acids is 1. The molecule has 0 unspecified atom stereocenters. The lowest BCUT2D eigenvalue weighted by molar-refractivity contribution is -0.114. The Balaban J connectivity index is 1.92. The van der Waals surface area contributed by atoms with Crippen LogP contribution >= 0.6 is 22.9 Å². The van der Waals surface area contributed by atoms with E-state index in [1.54, 1.807) is 6.92 Å². The van der Waals surface area contributed by atoms with E-state index in [2.05, 4.69) is 5.32 Å². The molecular weight excluding hydrogens is 460 g/mol. The van der Waals surface area contributed by atoms with Gasteiger partial charge in [0.05, 0.1) is 5.02 Å². The molecule has 5 nitrogen and oxygen atoms in total. The van der Waals surface area contributed by atoms with Crippen molar-refractivity contribution < 1.29 is 28.2 Å². The minimum absolute atomic E-state index is 0.0504. The van der Waals surface area contributed by atoms with Crippen LogP contribution in [-0.4, -0.2) is 17.0 Å². The number of hydrogen-bond donors (Lipinski definition) is 2. The van der Waals surface area contributed by atoms with E-state index in [0.717, 1.165) is 17.4 Å². The number of allylic oxidation sites excluding steroid dienone is 1. The fourth-order valence-electron chi connectivity index (χ4n) is 2.89. The first-order valence-corrected chi connectivity index (χ1v) is 10.7. The molecule has 0 atom stereocenters. The number of amides is 1. The number of carboxylic acids is 1. The number of halogens is 3. The van der Waals surface area contributed by atoms with Crippen molar-refractivity contribution in [2.75, 3.05) is 5.32 Å². The van der Waals surface area contributed by atoms with E-state index in [4.69, 9.17) is 16.3 Å². The van der Waals surface area contributed by atoms with Gasteiger partial charge in [-0.1, -0.05) is 30.7 Å². The van der Waals surface area contributed by atoms with Crippen LogP contribution in [0.5, 0.6) is 5.75 Å². The molecule has 32 heavy (non-hydrogen) atoms. The van der Waals surface area contributed by atoms with Crippen LogP contribution in [0.15, 0.2) is 53.6 Å². The topological polar surface area (TPSA) is 75.6 Å². The average molecular weight is 478 g/mol. The fraction of sp³-hybridized carbons (Fsp3) is 0.130. The second-order valence-electron chi connectivity index (χ2n) is 6.68. The molecule has 2 N–H and O–H groups in total. The lowest BCUT2D eigenvalue weighted by Crippen LogP contribution is -2.19. The van der Waals surface area contributed by atoms with Crippen LogP contribution in [0.4, 0.5) is 13.8 Å². The maximum atomic E-state index is 13.9. The van der Waals surface area contributed by atoms with E-state index in [1.807, 2.05) is 0 Å². The molecule has 3 rings (SSSR count). The minimum Gasteiger partial charge on any atom is -0.478 e. The van der Waals surface area contributed by atoms with E-state index in [9.17, 15) is 23.5 Å². The summed E-state index contributed by atoms with van der Waals surface area (Å²) < 4.78 is 33.3. The first kappa shape index (κ1) is 23.4. The molecule has 9 heteroatoms. The zero-order valence-corrected chi connectivity index (χ0v) is 18.6. The fourth-order valence-corrected chi connectivity index (χ4v) is 3.96. The molecule has 1 amide bonds. The van der Waals surface area contributed by atoms with Gasteiger partial charge in [0.15, 0.2) is 5.76 Å². The van der Waals surface area contributed by atoms with Gasteiger partial charge in [0.1, 0.15) is 27.9 Å². The summed E-state index contributed by atoms with van der Waals surface area (Å²) in [5.41, 5.74) is 0.577. The third-order valence-electron chi connectivity index (χ3n) is 4.51. The van der Waals surface area contributed by atoms with Gasteiger partial charge >= 0.3 is 5.97 Å². The van der Waals surface area contributed by atoms with Crippen molar-refractivity contribution in [2.45, 2.75) is 20.3 Å². The predicted octanol–water partition coefficient (Wildman–Crippen LogP) is 6.66. The summed E-state index contributed by atoms with van der Waals surface area (Å²) in [6, 6.07) is 8.20. The molecule has 2 aromatic carbocycles. The SMILES string of the molecule is CCC=C(Oc1cccc(F)c1C)C(=O)Nc1scc(-c2ccc(Cl)c(F)c2)c1C(=O)O. The number of ether oxygens (including phenoxy) is 1. The van der Waals surface area contributed by atoms with E-state index in [0.29, 0.717) is 12.0 Å². The summed E-state index contributed by atoms with van der Waals surface area (Å²) >= 11 is 6.68. The Morgan fingerprint density at radius 3 is 2.62 bits per heavy atom. The molecule has 0 spiro atoms. The van der Waals surface area contributed by atoms with Crippen molar-refractivity contribution in [3.63, 3.8) is 0 Å². The van der Waals surface area contributed by atoms with Crippen molar-refractivity contribution in [3.8, 4) is 16.9 Å². The molecule has 0 bridgehead atoms. The van der Waals surface area contributed by atoms with Gasteiger partial charge in [0.2, 0.25) is 0 Å². The largest absolute Gasteiger partial charge is 0.478 e. The van der Waals surface area contributed by atoms with Gasteiger partial charge in [0, 0.05) is 16.5 Å². The summed E-state index contributed by atoms with van der Waals surface area (Å²) in [6.45, 7) is 3.31. The molecule has 166 valence electrons.